The topological polar surface area (TPSA) is 85.0 Å². The maximum atomic E-state index is 14.6. The molecule has 1 aliphatic rings. The van der Waals surface area contributed by atoms with Gasteiger partial charge in [0.15, 0.2) is 0 Å². The van der Waals surface area contributed by atoms with Crippen LogP contribution < -0.4 is 25.3 Å². The standard InChI is InChI=1S/C29H32FN5O3/c1-33(2)22-11-6-19(7-12-22)5-8-20-17-24(15-16-25(20)30)35-28(37)26(32-29(35)38)18-27(36)31-21-9-13-23(14-10-21)34(3)4/h6-7,9-17,26H,5,8,18H2,1-4H3,(H,31,36)(H,32,38). The molecule has 0 aliphatic carbocycles. The summed E-state index contributed by atoms with van der Waals surface area (Å²) in [6.07, 6.45) is 0.795. The van der Waals surface area contributed by atoms with Crippen molar-refractivity contribution in [2.75, 3.05) is 48.2 Å². The molecule has 0 aromatic heterocycles. The van der Waals surface area contributed by atoms with E-state index < -0.39 is 29.7 Å². The van der Waals surface area contributed by atoms with Gasteiger partial charge >= 0.3 is 6.03 Å². The van der Waals surface area contributed by atoms with Crippen molar-refractivity contribution in [1.29, 1.82) is 0 Å². The molecule has 3 aromatic carbocycles. The van der Waals surface area contributed by atoms with Gasteiger partial charge < -0.3 is 20.4 Å². The van der Waals surface area contributed by atoms with Crippen LogP contribution in [0.2, 0.25) is 0 Å². The Kier molecular flexibility index (Phi) is 7.95. The Morgan fingerprint density at radius 1 is 0.895 bits per heavy atom. The Morgan fingerprint density at radius 2 is 1.50 bits per heavy atom. The molecule has 0 bridgehead atoms. The minimum absolute atomic E-state index is 0.215. The fourth-order valence-electron chi connectivity index (χ4n) is 4.29. The number of nitrogens with one attached hydrogen (secondary N) is 2. The quantitative estimate of drug-likeness (QED) is 0.416. The van der Waals surface area contributed by atoms with Crippen LogP contribution in [-0.4, -0.2) is 52.1 Å². The van der Waals surface area contributed by atoms with Crippen molar-refractivity contribution >= 4 is 40.6 Å². The average Bonchev–Trinajstić information content (AvgIpc) is 3.16. The van der Waals surface area contributed by atoms with E-state index in [0.717, 1.165) is 21.8 Å². The van der Waals surface area contributed by atoms with E-state index in [4.69, 9.17) is 0 Å². The molecule has 38 heavy (non-hydrogen) atoms. The fourth-order valence-corrected chi connectivity index (χ4v) is 4.29. The third-order valence-electron chi connectivity index (χ3n) is 6.50. The third-order valence-corrected chi connectivity index (χ3v) is 6.50. The summed E-state index contributed by atoms with van der Waals surface area (Å²) in [5, 5.41) is 5.32. The van der Waals surface area contributed by atoms with Crippen molar-refractivity contribution < 1.29 is 18.8 Å². The Morgan fingerprint density at radius 3 is 2.11 bits per heavy atom. The van der Waals surface area contributed by atoms with Gasteiger partial charge in [-0.3, -0.25) is 9.59 Å². The summed E-state index contributed by atoms with van der Waals surface area (Å²) in [5.41, 5.74) is 4.38. The van der Waals surface area contributed by atoms with E-state index in [1.165, 1.54) is 18.2 Å². The van der Waals surface area contributed by atoms with Crippen LogP contribution in [0.5, 0.6) is 0 Å². The zero-order chi connectivity index (χ0) is 27.4. The number of carbonyl (C=O) groups excluding carboxylic acids is 3. The molecule has 0 saturated carbocycles. The highest BCUT2D eigenvalue weighted by molar-refractivity contribution is 6.22. The monoisotopic (exact) mass is 517 g/mol. The number of nitrogens with zero attached hydrogens (tertiary/aromatic N) is 3. The number of hydrogen-bond donors (Lipinski definition) is 2. The highest BCUT2D eigenvalue weighted by atomic mass is 19.1. The largest absolute Gasteiger partial charge is 0.378 e. The van der Waals surface area contributed by atoms with Crippen molar-refractivity contribution in [3.05, 3.63) is 83.7 Å². The molecule has 0 spiro atoms. The molecule has 3 aromatic rings. The zero-order valence-corrected chi connectivity index (χ0v) is 22.0. The SMILES string of the molecule is CN(C)c1ccc(CCc2cc(N3C(=O)NC(CC(=O)Nc4ccc(N(C)C)cc4)C3=O)ccc2F)cc1. The second-order valence-electron chi connectivity index (χ2n) is 9.71. The molecule has 1 heterocycles. The van der Waals surface area contributed by atoms with Crippen molar-refractivity contribution in [3.63, 3.8) is 0 Å². The van der Waals surface area contributed by atoms with Gasteiger partial charge in [-0.15, -0.1) is 0 Å². The maximum absolute atomic E-state index is 14.6. The molecule has 4 amide bonds. The van der Waals surface area contributed by atoms with Crippen molar-refractivity contribution in [3.8, 4) is 0 Å². The molecule has 4 rings (SSSR count). The van der Waals surface area contributed by atoms with E-state index in [0.29, 0.717) is 24.1 Å². The van der Waals surface area contributed by atoms with E-state index in [1.807, 2.05) is 74.4 Å². The van der Waals surface area contributed by atoms with Crippen LogP contribution in [0.25, 0.3) is 0 Å². The molecular weight excluding hydrogens is 485 g/mol. The van der Waals surface area contributed by atoms with E-state index in [9.17, 15) is 18.8 Å². The lowest BCUT2D eigenvalue weighted by atomic mass is 10.0. The molecule has 8 nitrogen and oxygen atoms in total. The summed E-state index contributed by atoms with van der Waals surface area (Å²) in [6.45, 7) is 0. The van der Waals surface area contributed by atoms with Gasteiger partial charge in [0.25, 0.3) is 5.91 Å². The molecule has 9 heteroatoms. The molecule has 1 fully saturated rings. The predicted octanol–water partition coefficient (Wildman–Crippen LogP) is 4.20. The first-order valence-electron chi connectivity index (χ1n) is 12.4. The van der Waals surface area contributed by atoms with Crippen LogP contribution in [-0.2, 0) is 22.4 Å². The van der Waals surface area contributed by atoms with Gasteiger partial charge in [-0.2, -0.15) is 0 Å². The predicted molar refractivity (Wildman–Crippen MR) is 148 cm³/mol. The molecule has 1 saturated heterocycles. The molecule has 1 atom stereocenters. The van der Waals surface area contributed by atoms with Gasteiger partial charge in [0.2, 0.25) is 5.91 Å². The van der Waals surface area contributed by atoms with Gasteiger partial charge in [-0.05, 0) is 78.6 Å². The van der Waals surface area contributed by atoms with E-state index in [-0.39, 0.29) is 12.1 Å². The number of hydrogen-bond acceptors (Lipinski definition) is 5. The molecule has 1 unspecified atom stereocenters. The van der Waals surface area contributed by atoms with Crippen molar-refractivity contribution in [2.45, 2.75) is 25.3 Å². The van der Waals surface area contributed by atoms with Gasteiger partial charge in [0.05, 0.1) is 12.1 Å². The second kappa shape index (κ2) is 11.3. The maximum Gasteiger partial charge on any atom is 0.329 e. The summed E-state index contributed by atoms with van der Waals surface area (Å²) in [4.78, 5) is 43.2. The lowest BCUT2D eigenvalue weighted by Crippen LogP contribution is -2.34. The van der Waals surface area contributed by atoms with E-state index in [1.54, 1.807) is 12.1 Å². The smallest absolute Gasteiger partial charge is 0.329 e. The summed E-state index contributed by atoms with van der Waals surface area (Å²) in [6, 6.07) is 17.8. The number of benzene rings is 3. The second-order valence-corrected chi connectivity index (χ2v) is 9.71. The lowest BCUT2D eigenvalue weighted by Gasteiger charge is -2.15. The molecule has 2 N–H and O–H groups in total. The van der Waals surface area contributed by atoms with Crippen LogP contribution in [0.1, 0.15) is 17.5 Å². The molecule has 0 radical (unpaired) electrons. The third kappa shape index (κ3) is 6.11. The lowest BCUT2D eigenvalue weighted by molar-refractivity contribution is -0.122. The summed E-state index contributed by atoms with van der Waals surface area (Å²) in [5.74, 6) is -1.35. The Hall–Kier alpha value is -4.40. The summed E-state index contributed by atoms with van der Waals surface area (Å²) < 4.78 is 14.6. The van der Waals surface area contributed by atoms with Gasteiger partial charge in [-0.1, -0.05) is 12.1 Å². The Bertz CT molecular complexity index is 1320. The normalized spacial score (nSPS) is 14.9. The fraction of sp³-hybridized carbons (Fsp3) is 0.276. The van der Waals surface area contributed by atoms with Gasteiger partial charge in [0.1, 0.15) is 11.9 Å². The zero-order valence-electron chi connectivity index (χ0n) is 22.0. The first kappa shape index (κ1) is 26.7. The first-order chi connectivity index (χ1) is 18.1. The van der Waals surface area contributed by atoms with Gasteiger partial charge in [0, 0.05) is 45.3 Å². The number of carbonyl (C=O) groups is 3. The molecular formula is C29H32FN5O3. The number of aryl methyl sites for hydroxylation is 2. The molecule has 1 aliphatic heterocycles. The highest BCUT2D eigenvalue weighted by Gasteiger charge is 2.40. The number of anilines is 4. The molecule has 198 valence electrons. The Balaban J connectivity index is 1.40. The van der Waals surface area contributed by atoms with Crippen LogP contribution >= 0.6 is 0 Å². The van der Waals surface area contributed by atoms with E-state index >= 15 is 0 Å². The van der Waals surface area contributed by atoms with Crippen molar-refractivity contribution in [1.82, 2.24) is 5.32 Å². The van der Waals surface area contributed by atoms with Crippen molar-refractivity contribution in [2.24, 2.45) is 0 Å². The van der Waals surface area contributed by atoms with Crippen LogP contribution in [0.15, 0.2) is 66.7 Å². The minimum Gasteiger partial charge on any atom is -0.378 e. The average molecular weight is 518 g/mol. The highest BCUT2D eigenvalue weighted by Crippen LogP contribution is 2.25. The summed E-state index contributed by atoms with van der Waals surface area (Å²) >= 11 is 0. The van der Waals surface area contributed by atoms with Crippen LogP contribution in [0, 0.1) is 5.82 Å². The minimum atomic E-state index is -1.01. The first-order valence-corrected chi connectivity index (χ1v) is 12.4. The van der Waals surface area contributed by atoms with Crippen LogP contribution in [0.3, 0.4) is 0 Å². The van der Waals surface area contributed by atoms with Gasteiger partial charge in [-0.25, -0.2) is 14.1 Å². The number of urea groups is 1. The number of imide groups is 1. The number of rotatable bonds is 9. The van der Waals surface area contributed by atoms with E-state index in [2.05, 4.69) is 10.6 Å². The number of amides is 4. The number of halogens is 1. The van der Waals surface area contributed by atoms with Crippen LogP contribution in [0.4, 0.5) is 31.9 Å². The summed E-state index contributed by atoms with van der Waals surface area (Å²) in [7, 11) is 7.77. The Labute approximate surface area is 222 Å².